The largest absolute Gasteiger partial charge is 0.490 e. The van der Waals surface area contributed by atoms with E-state index in [-0.39, 0.29) is 42.3 Å². The molecule has 3 rings (SSSR count). The molecule has 1 aromatic carbocycles. The molecule has 1 aliphatic heterocycles. The summed E-state index contributed by atoms with van der Waals surface area (Å²) in [5, 5.41) is 5.37. The van der Waals surface area contributed by atoms with Gasteiger partial charge in [-0.25, -0.2) is 8.42 Å². The van der Waals surface area contributed by atoms with Crippen molar-refractivity contribution in [2.24, 2.45) is 9.54 Å². The summed E-state index contributed by atoms with van der Waals surface area (Å²) >= 11 is 0.641. The second-order valence-corrected chi connectivity index (χ2v) is 8.98. The Morgan fingerprint density at radius 2 is 1.90 bits per heavy atom. The molecule has 1 aliphatic carbocycles. The van der Waals surface area contributed by atoms with Crippen molar-refractivity contribution in [2.75, 3.05) is 13.1 Å². The molecule has 162 valence electrons. The first-order chi connectivity index (χ1) is 14.1. The fraction of sp³-hybridized carbons (Fsp3) is 0.316. The van der Waals surface area contributed by atoms with Gasteiger partial charge in [0.15, 0.2) is 0 Å². The zero-order valence-electron chi connectivity index (χ0n) is 15.8. The molecule has 0 radical (unpaired) electrons. The molecule has 0 atom stereocenters. The Labute approximate surface area is 177 Å². The molecular formula is C19H20F3N3O3S2. The first kappa shape index (κ1) is 22.6. The highest BCUT2D eigenvalue weighted by atomic mass is 32.2. The molecular weight excluding hydrogens is 439 g/mol. The highest BCUT2D eigenvalue weighted by molar-refractivity contribution is 7.96. The van der Waals surface area contributed by atoms with E-state index in [0.717, 1.165) is 6.07 Å². The van der Waals surface area contributed by atoms with Gasteiger partial charge in [-0.2, -0.15) is 21.9 Å². The number of allylic oxidation sites excluding steroid dienone is 5. The van der Waals surface area contributed by atoms with Crippen molar-refractivity contribution in [1.82, 2.24) is 4.31 Å². The third kappa shape index (κ3) is 4.80. The van der Waals surface area contributed by atoms with Crippen LogP contribution in [0.15, 0.2) is 63.9 Å². The van der Waals surface area contributed by atoms with Gasteiger partial charge in [0.2, 0.25) is 10.0 Å². The molecule has 1 heterocycles. The fourth-order valence-corrected chi connectivity index (χ4v) is 5.26. The summed E-state index contributed by atoms with van der Waals surface area (Å²) in [5.41, 5.74) is -0.240. The van der Waals surface area contributed by atoms with Gasteiger partial charge in [-0.1, -0.05) is 30.9 Å². The van der Waals surface area contributed by atoms with E-state index in [1.165, 1.54) is 28.6 Å². The molecule has 6 nitrogen and oxygen atoms in total. The Bertz CT molecular complexity index is 1010. The summed E-state index contributed by atoms with van der Waals surface area (Å²) in [6.07, 6.45) is 0.0947. The van der Waals surface area contributed by atoms with Crippen LogP contribution < -0.4 is 9.88 Å². The highest BCUT2D eigenvalue weighted by Gasteiger charge is 2.37. The first-order valence-electron chi connectivity index (χ1n) is 8.99. The number of hydrogen-bond acceptors (Lipinski definition) is 6. The van der Waals surface area contributed by atoms with Crippen molar-refractivity contribution in [3.8, 4) is 5.75 Å². The number of rotatable bonds is 5. The smallest absolute Gasteiger partial charge is 0.419 e. The number of piperidine rings is 1. The second-order valence-electron chi connectivity index (χ2n) is 6.68. The average Bonchev–Trinajstić information content (AvgIpc) is 2.69. The lowest BCUT2D eigenvalue weighted by Crippen LogP contribution is -2.43. The summed E-state index contributed by atoms with van der Waals surface area (Å²) in [5.74, 6) is -0.253. The molecule has 1 fully saturated rings. The van der Waals surface area contributed by atoms with E-state index in [0.29, 0.717) is 17.7 Å². The maximum absolute atomic E-state index is 13.1. The summed E-state index contributed by atoms with van der Waals surface area (Å²) in [7, 11) is -3.87. The van der Waals surface area contributed by atoms with E-state index in [2.05, 4.69) is 11.0 Å². The summed E-state index contributed by atoms with van der Waals surface area (Å²) < 4.78 is 76.4. The van der Waals surface area contributed by atoms with Gasteiger partial charge in [-0.15, -0.1) is 0 Å². The maximum Gasteiger partial charge on any atom is 0.419 e. The number of alkyl halides is 3. The van der Waals surface area contributed by atoms with Gasteiger partial charge in [0.1, 0.15) is 16.8 Å². The minimum atomic E-state index is -4.53. The fourth-order valence-electron chi connectivity index (χ4n) is 3.24. The van der Waals surface area contributed by atoms with E-state index in [4.69, 9.17) is 9.88 Å². The van der Waals surface area contributed by atoms with Crippen LogP contribution >= 0.6 is 12.1 Å². The molecule has 0 spiro atoms. The van der Waals surface area contributed by atoms with Crippen molar-refractivity contribution in [3.63, 3.8) is 0 Å². The van der Waals surface area contributed by atoms with E-state index in [1.807, 2.05) is 0 Å². The normalized spacial score (nSPS) is 20.5. The lowest BCUT2D eigenvalue weighted by molar-refractivity contribution is -0.139. The van der Waals surface area contributed by atoms with Crippen LogP contribution in [0.25, 0.3) is 0 Å². The molecule has 0 aromatic heterocycles. The molecule has 30 heavy (non-hydrogen) atoms. The van der Waals surface area contributed by atoms with Gasteiger partial charge in [0.25, 0.3) is 0 Å². The third-order valence-corrected chi connectivity index (χ3v) is 6.95. The van der Waals surface area contributed by atoms with Crippen molar-refractivity contribution in [1.29, 1.82) is 0 Å². The van der Waals surface area contributed by atoms with Crippen LogP contribution in [0, 0.1) is 0 Å². The Hall–Kier alpha value is -2.08. The quantitative estimate of drug-likeness (QED) is 0.676. The monoisotopic (exact) mass is 459 g/mol. The summed E-state index contributed by atoms with van der Waals surface area (Å²) in [4.78, 5) is -0.00487. The van der Waals surface area contributed by atoms with Crippen LogP contribution in [0.3, 0.4) is 0 Å². The van der Waals surface area contributed by atoms with Gasteiger partial charge in [0.05, 0.1) is 23.4 Å². The molecule has 1 saturated heterocycles. The van der Waals surface area contributed by atoms with Crippen molar-refractivity contribution < 1.29 is 26.3 Å². The minimum absolute atomic E-state index is 0.00487. The Morgan fingerprint density at radius 1 is 1.23 bits per heavy atom. The predicted molar refractivity (Wildman–Crippen MR) is 111 cm³/mol. The number of nitrogens with two attached hydrogens (primary N) is 1. The molecule has 0 bridgehead atoms. The molecule has 11 heteroatoms. The predicted octanol–water partition coefficient (Wildman–Crippen LogP) is 3.85. The minimum Gasteiger partial charge on any atom is -0.490 e. The van der Waals surface area contributed by atoms with Crippen LogP contribution in [-0.2, 0) is 16.2 Å². The topological polar surface area (TPSA) is 85.0 Å². The lowest BCUT2D eigenvalue weighted by atomic mass is 10.1. The van der Waals surface area contributed by atoms with E-state index in [9.17, 15) is 21.6 Å². The molecule has 0 unspecified atom stereocenters. The molecule has 1 aromatic rings. The maximum atomic E-state index is 13.1. The van der Waals surface area contributed by atoms with Gasteiger partial charge in [0, 0.05) is 13.1 Å². The van der Waals surface area contributed by atoms with Crippen LogP contribution in [0.5, 0.6) is 5.75 Å². The standard InChI is InChI=1S/C19H20F3N3O3S2/c1-13-5-4-8-17(18(13)24-29-23)30(26,27)25-11-9-14(10-12-25)28-16-7-3-2-6-15(16)19(20,21)22/h2-8,14H,1,9-12,23H2/b24-18+. The Morgan fingerprint density at radius 3 is 2.53 bits per heavy atom. The third-order valence-electron chi connectivity index (χ3n) is 4.73. The summed E-state index contributed by atoms with van der Waals surface area (Å²) in [6, 6.07) is 4.99. The Balaban J connectivity index is 1.72. The first-order valence-corrected chi connectivity index (χ1v) is 11.3. The number of nitrogens with zero attached hydrogens (tertiary/aromatic N) is 2. The zero-order valence-corrected chi connectivity index (χ0v) is 17.4. The van der Waals surface area contributed by atoms with Crippen LogP contribution in [0.2, 0.25) is 0 Å². The molecule has 2 N–H and O–H groups in total. The van der Waals surface area contributed by atoms with Crippen molar-refractivity contribution >= 4 is 27.9 Å². The number of para-hydroxylation sites is 1. The van der Waals surface area contributed by atoms with Gasteiger partial charge >= 0.3 is 6.18 Å². The number of halogens is 3. The number of benzene rings is 1. The summed E-state index contributed by atoms with van der Waals surface area (Å²) in [6.45, 7) is 4.01. The van der Waals surface area contributed by atoms with Crippen LogP contribution in [0.4, 0.5) is 13.2 Å². The van der Waals surface area contributed by atoms with Crippen LogP contribution in [-0.4, -0.2) is 37.6 Å². The second kappa shape index (κ2) is 8.96. The van der Waals surface area contributed by atoms with E-state index in [1.54, 1.807) is 12.2 Å². The van der Waals surface area contributed by atoms with Crippen LogP contribution in [0.1, 0.15) is 18.4 Å². The molecule has 0 saturated carbocycles. The Kier molecular flexibility index (Phi) is 6.75. The van der Waals surface area contributed by atoms with Crippen molar-refractivity contribution in [3.05, 3.63) is 65.1 Å². The number of hydrogen-bond donors (Lipinski definition) is 1. The SMILES string of the molecule is C=C1C=CC=C(S(=O)(=O)N2CCC(Oc3ccccc3C(F)(F)F)CC2)/C1=N/SN. The van der Waals surface area contributed by atoms with Gasteiger partial charge in [-0.3, -0.25) is 5.14 Å². The molecule has 0 amide bonds. The number of ether oxygens (including phenoxy) is 1. The van der Waals surface area contributed by atoms with Gasteiger partial charge < -0.3 is 4.74 Å². The van der Waals surface area contributed by atoms with Gasteiger partial charge in [-0.05, 0) is 36.6 Å². The average molecular weight is 460 g/mol. The lowest BCUT2D eigenvalue weighted by Gasteiger charge is -2.32. The number of sulfonamides is 1. The highest BCUT2D eigenvalue weighted by Crippen LogP contribution is 2.37. The van der Waals surface area contributed by atoms with E-state index < -0.39 is 27.9 Å². The van der Waals surface area contributed by atoms with Crippen molar-refractivity contribution in [2.45, 2.75) is 25.1 Å². The zero-order chi connectivity index (χ0) is 21.9. The van der Waals surface area contributed by atoms with E-state index >= 15 is 0 Å². The molecule has 2 aliphatic rings.